The maximum absolute atomic E-state index is 12.4. The van der Waals surface area contributed by atoms with Crippen LogP contribution in [0.4, 0.5) is 0 Å². The lowest BCUT2D eigenvalue weighted by molar-refractivity contribution is -0.141. The van der Waals surface area contributed by atoms with Crippen LogP contribution in [0.15, 0.2) is 53.1 Å². The Morgan fingerprint density at radius 2 is 1.80 bits per heavy atom. The molecule has 1 aliphatic carbocycles. The van der Waals surface area contributed by atoms with Crippen LogP contribution in [0.3, 0.4) is 0 Å². The van der Waals surface area contributed by atoms with Gasteiger partial charge in [0.1, 0.15) is 11.3 Å². The van der Waals surface area contributed by atoms with E-state index >= 15 is 0 Å². The highest BCUT2D eigenvalue weighted by Gasteiger charge is 2.17. The third-order valence-electron chi connectivity index (χ3n) is 5.87. The monoisotopic (exact) mass is 406 g/mol. The van der Waals surface area contributed by atoms with Gasteiger partial charge in [-0.1, -0.05) is 43.5 Å². The molecule has 4 rings (SSSR count). The molecule has 3 aromatic rings. The number of hydrogen-bond acceptors (Lipinski definition) is 5. The molecule has 1 aliphatic rings. The van der Waals surface area contributed by atoms with Crippen molar-refractivity contribution < 1.29 is 23.5 Å². The molecule has 1 fully saturated rings. The number of hydrogen-bond donors (Lipinski definition) is 0. The summed E-state index contributed by atoms with van der Waals surface area (Å²) in [5.74, 6) is 0.637. The number of ether oxygens (including phenoxy) is 2. The lowest BCUT2D eigenvalue weighted by Gasteiger charge is -2.22. The number of benzene rings is 2. The predicted molar refractivity (Wildman–Crippen MR) is 114 cm³/mol. The van der Waals surface area contributed by atoms with Gasteiger partial charge in [0.05, 0.1) is 19.8 Å². The topological polar surface area (TPSA) is 65.7 Å². The molecule has 0 radical (unpaired) electrons. The average Bonchev–Trinajstić information content (AvgIpc) is 3.20. The number of ketones is 1. The smallest absolute Gasteiger partial charge is 0.310 e. The zero-order valence-electron chi connectivity index (χ0n) is 17.2. The molecule has 0 saturated heterocycles. The normalized spacial score (nSPS) is 14.6. The summed E-state index contributed by atoms with van der Waals surface area (Å²) in [5.41, 5.74) is 3.24. The van der Waals surface area contributed by atoms with Crippen molar-refractivity contribution in [1.29, 1.82) is 0 Å². The molecule has 0 aliphatic heterocycles. The molecule has 156 valence electrons. The van der Waals surface area contributed by atoms with Gasteiger partial charge in [0.25, 0.3) is 0 Å². The molecule has 0 N–H and O–H groups in total. The van der Waals surface area contributed by atoms with E-state index in [4.69, 9.17) is 13.9 Å². The standard InChI is InChI=1S/C25H26O5/c1-28-21-11-12-22-20(15-29-24(22)14-21)13-25(27)30-16-23(26)19-9-7-18(8-10-19)17-5-3-2-4-6-17/h7-12,14-15,17H,2-6,13,16H2,1H3. The molecule has 0 unspecified atom stereocenters. The second kappa shape index (κ2) is 9.16. The third kappa shape index (κ3) is 4.56. The first kappa shape index (κ1) is 20.2. The van der Waals surface area contributed by atoms with E-state index in [1.807, 2.05) is 36.4 Å². The van der Waals surface area contributed by atoms with E-state index in [2.05, 4.69) is 0 Å². The van der Waals surface area contributed by atoms with Gasteiger partial charge in [0, 0.05) is 22.6 Å². The Balaban J connectivity index is 1.32. The summed E-state index contributed by atoms with van der Waals surface area (Å²) in [4.78, 5) is 24.6. The molecule has 0 bridgehead atoms. The average molecular weight is 406 g/mol. The second-order valence-electron chi connectivity index (χ2n) is 7.84. The van der Waals surface area contributed by atoms with Gasteiger partial charge in [-0.25, -0.2) is 0 Å². The number of Topliss-reactive ketones (excluding diaryl/α,β-unsaturated/α-hetero) is 1. The molecule has 5 nitrogen and oxygen atoms in total. The first-order chi connectivity index (χ1) is 14.6. The third-order valence-corrected chi connectivity index (χ3v) is 5.87. The number of esters is 1. The molecule has 5 heteroatoms. The Morgan fingerprint density at radius 3 is 2.53 bits per heavy atom. The number of rotatable bonds is 7. The van der Waals surface area contributed by atoms with Crippen molar-refractivity contribution in [2.45, 2.75) is 44.4 Å². The van der Waals surface area contributed by atoms with Crippen LogP contribution in [0.1, 0.15) is 59.5 Å². The molecule has 1 saturated carbocycles. The fourth-order valence-electron chi connectivity index (χ4n) is 4.14. The fraction of sp³-hybridized carbons (Fsp3) is 0.360. The highest BCUT2D eigenvalue weighted by molar-refractivity contribution is 5.98. The van der Waals surface area contributed by atoms with E-state index in [1.54, 1.807) is 13.2 Å². The summed E-state index contributed by atoms with van der Waals surface area (Å²) in [6.45, 7) is -0.259. The quantitative estimate of drug-likeness (QED) is 0.385. The minimum absolute atomic E-state index is 0.0488. The Bertz CT molecular complexity index is 1030. The summed E-state index contributed by atoms with van der Waals surface area (Å²) in [6, 6.07) is 13.2. The van der Waals surface area contributed by atoms with E-state index in [-0.39, 0.29) is 18.8 Å². The molecule has 0 atom stereocenters. The van der Waals surface area contributed by atoms with Crippen LogP contribution in [0.2, 0.25) is 0 Å². The van der Waals surface area contributed by atoms with Crippen LogP contribution in [0.5, 0.6) is 5.75 Å². The van der Waals surface area contributed by atoms with Crippen molar-refractivity contribution in [2.75, 3.05) is 13.7 Å². The van der Waals surface area contributed by atoms with Gasteiger partial charge in [-0.05, 0) is 36.5 Å². The first-order valence-electron chi connectivity index (χ1n) is 10.5. The number of methoxy groups -OCH3 is 1. The molecule has 30 heavy (non-hydrogen) atoms. The minimum atomic E-state index is -0.458. The van der Waals surface area contributed by atoms with E-state index < -0.39 is 5.97 Å². The van der Waals surface area contributed by atoms with Gasteiger partial charge in [-0.3, -0.25) is 9.59 Å². The van der Waals surface area contributed by atoms with Gasteiger partial charge in [-0.2, -0.15) is 0 Å². The number of carbonyl (C=O) groups excluding carboxylic acids is 2. The number of carbonyl (C=O) groups is 2. The maximum Gasteiger partial charge on any atom is 0.310 e. The van der Waals surface area contributed by atoms with Crippen LogP contribution < -0.4 is 4.74 Å². The van der Waals surface area contributed by atoms with Gasteiger partial charge in [0.2, 0.25) is 0 Å². The molecule has 1 aromatic heterocycles. The van der Waals surface area contributed by atoms with E-state index in [1.165, 1.54) is 43.9 Å². The van der Waals surface area contributed by atoms with Crippen molar-refractivity contribution in [3.05, 3.63) is 65.4 Å². The van der Waals surface area contributed by atoms with Gasteiger partial charge in [0.15, 0.2) is 12.4 Å². The maximum atomic E-state index is 12.4. The van der Waals surface area contributed by atoms with Crippen LogP contribution in [0, 0.1) is 0 Å². The Morgan fingerprint density at radius 1 is 1.03 bits per heavy atom. The lowest BCUT2D eigenvalue weighted by atomic mass is 9.84. The van der Waals surface area contributed by atoms with Crippen LogP contribution >= 0.6 is 0 Å². The minimum Gasteiger partial charge on any atom is -0.497 e. The van der Waals surface area contributed by atoms with Crippen molar-refractivity contribution >= 4 is 22.7 Å². The molecular weight excluding hydrogens is 380 g/mol. The fourth-order valence-corrected chi connectivity index (χ4v) is 4.14. The SMILES string of the molecule is COc1ccc2c(CC(=O)OCC(=O)c3ccc(C4CCCCC4)cc3)coc2c1. The summed E-state index contributed by atoms with van der Waals surface area (Å²) < 4.78 is 15.9. The molecule has 0 amide bonds. The van der Waals surface area contributed by atoms with Gasteiger partial charge in [-0.15, -0.1) is 0 Å². The van der Waals surface area contributed by atoms with Crippen LogP contribution in [0.25, 0.3) is 11.0 Å². The summed E-state index contributed by atoms with van der Waals surface area (Å²) in [6.07, 6.45) is 7.91. The van der Waals surface area contributed by atoms with Crippen molar-refractivity contribution in [2.24, 2.45) is 0 Å². The van der Waals surface area contributed by atoms with Crippen LogP contribution in [-0.2, 0) is 16.0 Å². The second-order valence-corrected chi connectivity index (χ2v) is 7.84. The highest BCUT2D eigenvalue weighted by Crippen LogP contribution is 2.32. The molecular formula is C25H26O5. The van der Waals surface area contributed by atoms with Crippen LogP contribution in [-0.4, -0.2) is 25.5 Å². The van der Waals surface area contributed by atoms with Gasteiger partial charge >= 0.3 is 5.97 Å². The Hall–Kier alpha value is -3.08. The zero-order chi connectivity index (χ0) is 20.9. The van der Waals surface area contributed by atoms with Crippen molar-refractivity contribution in [1.82, 2.24) is 0 Å². The molecule has 0 spiro atoms. The first-order valence-corrected chi connectivity index (χ1v) is 10.5. The Kier molecular flexibility index (Phi) is 6.17. The number of fused-ring (bicyclic) bond motifs is 1. The number of furan rings is 1. The zero-order valence-corrected chi connectivity index (χ0v) is 17.2. The van der Waals surface area contributed by atoms with E-state index in [0.29, 0.717) is 22.8 Å². The lowest BCUT2D eigenvalue weighted by Crippen LogP contribution is -2.15. The summed E-state index contributed by atoms with van der Waals surface area (Å²) in [5, 5.41) is 0.831. The predicted octanol–water partition coefficient (Wildman–Crippen LogP) is 5.46. The Labute approximate surface area is 176 Å². The van der Waals surface area contributed by atoms with E-state index in [0.717, 1.165) is 10.9 Å². The van der Waals surface area contributed by atoms with Gasteiger partial charge < -0.3 is 13.9 Å². The van der Waals surface area contributed by atoms with Crippen molar-refractivity contribution in [3.63, 3.8) is 0 Å². The highest BCUT2D eigenvalue weighted by atomic mass is 16.5. The molecule has 1 heterocycles. The summed E-state index contributed by atoms with van der Waals surface area (Å²) >= 11 is 0. The molecule has 2 aromatic carbocycles. The van der Waals surface area contributed by atoms with E-state index in [9.17, 15) is 9.59 Å². The summed E-state index contributed by atoms with van der Waals surface area (Å²) in [7, 11) is 1.59. The largest absolute Gasteiger partial charge is 0.497 e. The van der Waals surface area contributed by atoms with Crippen molar-refractivity contribution in [3.8, 4) is 5.75 Å².